The number of hydrogen-bond acceptors (Lipinski definition) is 4. The Bertz CT molecular complexity index is 291. The first kappa shape index (κ1) is 12.0. The summed E-state index contributed by atoms with van der Waals surface area (Å²) in [6, 6.07) is 2.09. The molecular formula is C11H17NO3. The number of carbonyl (C=O) groups excluding carboxylic acids is 1. The Morgan fingerprint density at radius 2 is 2.27 bits per heavy atom. The number of nitriles is 1. The van der Waals surface area contributed by atoms with Crippen molar-refractivity contribution in [2.75, 3.05) is 13.2 Å². The maximum atomic E-state index is 11.7. The molecule has 1 saturated heterocycles. The quantitative estimate of drug-likeness (QED) is 0.512. The van der Waals surface area contributed by atoms with Crippen LogP contribution in [0.25, 0.3) is 0 Å². The monoisotopic (exact) mass is 211 g/mol. The van der Waals surface area contributed by atoms with Crippen molar-refractivity contribution in [1.82, 2.24) is 0 Å². The molecule has 1 fully saturated rings. The number of hydrogen-bond donors (Lipinski definition) is 0. The van der Waals surface area contributed by atoms with Gasteiger partial charge in [0.2, 0.25) is 0 Å². The van der Waals surface area contributed by atoms with Crippen LogP contribution >= 0.6 is 0 Å². The molecule has 1 aliphatic heterocycles. The number of esters is 1. The predicted molar refractivity (Wildman–Crippen MR) is 53.9 cm³/mol. The molecule has 0 N–H and O–H groups in total. The minimum Gasteiger partial charge on any atom is -0.465 e. The zero-order chi connectivity index (χ0) is 11.5. The van der Waals surface area contributed by atoms with Crippen LogP contribution in [0.15, 0.2) is 0 Å². The topological polar surface area (TPSA) is 62.6 Å². The highest BCUT2D eigenvalue weighted by Crippen LogP contribution is 2.41. The highest BCUT2D eigenvalue weighted by atomic mass is 16.6. The zero-order valence-electron chi connectivity index (χ0n) is 9.50. The van der Waals surface area contributed by atoms with Gasteiger partial charge in [0, 0.05) is 6.42 Å². The van der Waals surface area contributed by atoms with E-state index in [0.29, 0.717) is 26.1 Å². The predicted octanol–water partition coefficient (Wildman–Crippen LogP) is 1.65. The van der Waals surface area contributed by atoms with Crippen molar-refractivity contribution < 1.29 is 14.3 Å². The van der Waals surface area contributed by atoms with E-state index in [2.05, 4.69) is 6.07 Å². The molecule has 0 aromatic carbocycles. The molecule has 4 heteroatoms. The summed E-state index contributed by atoms with van der Waals surface area (Å²) < 4.78 is 10.2. The van der Waals surface area contributed by atoms with Gasteiger partial charge >= 0.3 is 5.97 Å². The minimum atomic E-state index is -1.04. The Kier molecular flexibility index (Phi) is 3.35. The summed E-state index contributed by atoms with van der Waals surface area (Å²) in [6.07, 6.45) is 0.882. The molecule has 0 saturated carbocycles. The minimum absolute atomic E-state index is 0.305. The van der Waals surface area contributed by atoms with E-state index < -0.39 is 11.4 Å². The van der Waals surface area contributed by atoms with E-state index in [0.717, 1.165) is 0 Å². The molecular weight excluding hydrogens is 194 g/mol. The lowest BCUT2D eigenvalue weighted by molar-refractivity contribution is -0.153. The van der Waals surface area contributed by atoms with E-state index in [9.17, 15) is 4.79 Å². The molecule has 0 aromatic heterocycles. The smallest absolute Gasteiger partial charge is 0.326 e. The zero-order valence-corrected chi connectivity index (χ0v) is 9.50. The van der Waals surface area contributed by atoms with Crippen LogP contribution in [0, 0.1) is 16.7 Å². The van der Waals surface area contributed by atoms with Crippen molar-refractivity contribution in [1.29, 1.82) is 5.26 Å². The van der Waals surface area contributed by atoms with Gasteiger partial charge in [-0.3, -0.25) is 4.79 Å². The summed E-state index contributed by atoms with van der Waals surface area (Å²) in [5.41, 5.74) is -1.35. The Morgan fingerprint density at radius 1 is 1.67 bits per heavy atom. The number of epoxide rings is 1. The average Bonchev–Trinajstić information content (AvgIpc) is 2.93. The SMILES string of the molecule is CCOC(=O)C(C#N)(CC)CC1(C)CO1. The van der Waals surface area contributed by atoms with Crippen LogP contribution in [0.1, 0.15) is 33.6 Å². The Balaban J connectivity index is 2.77. The summed E-state index contributed by atoms with van der Waals surface area (Å²) in [6.45, 7) is 6.40. The second kappa shape index (κ2) is 4.19. The lowest BCUT2D eigenvalue weighted by Crippen LogP contribution is -2.35. The van der Waals surface area contributed by atoms with Crippen molar-refractivity contribution in [3.05, 3.63) is 0 Å². The largest absolute Gasteiger partial charge is 0.465 e. The van der Waals surface area contributed by atoms with Gasteiger partial charge in [0.25, 0.3) is 0 Å². The lowest BCUT2D eigenvalue weighted by Gasteiger charge is -2.24. The summed E-state index contributed by atoms with van der Waals surface area (Å²) in [7, 11) is 0. The molecule has 0 spiro atoms. The van der Waals surface area contributed by atoms with E-state index in [1.165, 1.54) is 0 Å². The summed E-state index contributed by atoms with van der Waals surface area (Å²) >= 11 is 0. The van der Waals surface area contributed by atoms with Crippen molar-refractivity contribution in [2.45, 2.75) is 39.2 Å². The fraction of sp³-hybridized carbons (Fsp3) is 0.818. The number of carbonyl (C=O) groups is 1. The van der Waals surface area contributed by atoms with Crippen molar-refractivity contribution >= 4 is 5.97 Å². The Hall–Kier alpha value is -1.08. The van der Waals surface area contributed by atoms with Crippen LogP contribution < -0.4 is 0 Å². The third-order valence-electron chi connectivity index (χ3n) is 2.80. The van der Waals surface area contributed by atoms with Gasteiger partial charge in [-0.25, -0.2) is 0 Å². The van der Waals surface area contributed by atoms with E-state index in [1.807, 2.05) is 13.8 Å². The van der Waals surface area contributed by atoms with Gasteiger partial charge in [0.15, 0.2) is 5.41 Å². The third kappa shape index (κ3) is 2.48. The molecule has 0 bridgehead atoms. The highest BCUT2D eigenvalue weighted by molar-refractivity contribution is 5.80. The average molecular weight is 211 g/mol. The Morgan fingerprint density at radius 3 is 2.60 bits per heavy atom. The molecule has 2 atom stereocenters. The molecule has 0 amide bonds. The Labute approximate surface area is 90.2 Å². The molecule has 15 heavy (non-hydrogen) atoms. The van der Waals surface area contributed by atoms with Crippen LogP contribution in [0.2, 0.25) is 0 Å². The van der Waals surface area contributed by atoms with E-state index >= 15 is 0 Å². The standard InChI is InChI=1S/C11H17NO3/c1-4-11(7-12,9(13)14-5-2)6-10(3)8-15-10/h4-6,8H2,1-3H3. The van der Waals surface area contributed by atoms with Gasteiger partial charge in [0.1, 0.15) is 0 Å². The van der Waals surface area contributed by atoms with Crippen LogP contribution in [0.5, 0.6) is 0 Å². The van der Waals surface area contributed by atoms with Gasteiger partial charge in [0.05, 0.1) is 24.9 Å². The van der Waals surface area contributed by atoms with Crippen molar-refractivity contribution in [2.24, 2.45) is 5.41 Å². The van der Waals surface area contributed by atoms with Gasteiger partial charge < -0.3 is 9.47 Å². The van der Waals surface area contributed by atoms with Crippen LogP contribution in [0.3, 0.4) is 0 Å². The van der Waals surface area contributed by atoms with Gasteiger partial charge in [-0.15, -0.1) is 0 Å². The summed E-state index contributed by atoms with van der Waals surface area (Å²) in [4.78, 5) is 11.7. The fourth-order valence-electron chi connectivity index (χ4n) is 1.64. The molecule has 0 aliphatic carbocycles. The lowest BCUT2D eigenvalue weighted by atomic mass is 9.78. The molecule has 0 radical (unpaired) electrons. The van der Waals surface area contributed by atoms with Crippen molar-refractivity contribution in [3.8, 4) is 6.07 Å². The molecule has 4 nitrogen and oxygen atoms in total. The molecule has 1 aliphatic rings. The summed E-state index contributed by atoms with van der Waals surface area (Å²) in [5.74, 6) is -0.424. The number of ether oxygens (including phenoxy) is 2. The second-order valence-corrected chi connectivity index (χ2v) is 4.18. The van der Waals surface area contributed by atoms with Crippen LogP contribution in [-0.2, 0) is 14.3 Å². The molecule has 0 aromatic rings. The fourth-order valence-corrected chi connectivity index (χ4v) is 1.64. The number of rotatable bonds is 5. The molecule has 1 rings (SSSR count). The van der Waals surface area contributed by atoms with Crippen LogP contribution in [-0.4, -0.2) is 24.8 Å². The van der Waals surface area contributed by atoms with E-state index in [4.69, 9.17) is 14.7 Å². The molecule has 2 unspecified atom stereocenters. The summed E-state index contributed by atoms with van der Waals surface area (Å²) in [5, 5.41) is 9.16. The highest BCUT2D eigenvalue weighted by Gasteiger charge is 2.51. The normalized spacial score (nSPS) is 27.6. The second-order valence-electron chi connectivity index (χ2n) is 4.18. The van der Waals surface area contributed by atoms with Crippen LogP contribution in [0.4, 0.5) is 0 Å². The number of nitrogens with zero attached hydrogens (tertiary/aromatic N) is 1. The first-order valence-electron chi connectivity index (χ1n) is 5.24. The van der Waals surface area contributed by atoms with Crippen molar-refractivity contribution in [3.63, 3.8) is 0 Å². The van der Waals surface area contributed by atoms with E-state index in [1.54, 1.807) is 6.92 Å². The van der Waals surface area contributed by atoms with E-state index in [-0.39, 0.29) is 5.60 Å². The van der Waals surface area contributed by atoms with Gasteiger partial charge in [-0.2, -0.15) is 5.26 Å². The van der Waals surface area contributed by atoms with Gasteiger partial charge in [-0.05, 0) is 20.3 Å². The molecule has 1 heterocycles. The van der Waals surface area contributed by atoms with Gasteiger partial charge in [-0.1, -0.05) is 6.92 Å². The molecule has 84 valence electrons. The first-order valence-corrected chi connectivity index (χ1v) is 5.24. The first-order chi connectivity index (χ1) is 7.02. The maximum Gasteiger partial charge on any atom is 0.326 e. The third-order valence-corrected chi connectivity index (χ3v) is 2.80. The maximum absolute atomic E-state index is 11.7.